The van der Waals surface area contributed by atoms with Crippen LogP contribution in [0.4, 0.5) is 5.69 Å². The predicted octanol–water partition coefficient (Wildman–Crippen LogP) is 0.674. The quantitative estimate of drug-likeness (QED) is 0.616. The second-order valence-corrected chi connectivity index (χ2v) is 6.38. The monoisotopic (exact) mass is 299 g/mol. The maximum atomic E-state index is 11.6. The van der Waals surface area contributed by atoms with E-state index in [-0.39, 0.29) is 12.5 Å². The number of rotatable bonds is 8. The van der Waals surface area contributed by atoms with E-state index in [0.29, 0.717) is 12.1 Å². The van der Waals surface area contributed by atoms with Crippen LogP contribution in [0.25, 0.3) is 0 Å². The molecule has 0 atom stereocenters. The molecular formula is C13H21N3O3S. The second-order valence-electron chi connectivity index (χ2n) is 4.55. The van der Waals surface area contributed by atoms with Gasteiger partial charge in [0.25, 0.3) is 0 Å². The highest BCUT2D eigenvalue weighted by atomic mass is 32.2. The normalized spacial score (nSPS) is 11.3. The number of benzene rings is 1. The fourth-order valence-electron chi connectivity index (χ4n) is 1.57. The third kappa shape index (κ3) is 7.22. The first-order chi connectivity index (χ1) is 9.40. The third-order valence-electron chi connectivity index (χ3n) is 2.61. The average molecular weight is 299 g/mol. The van der Waals surface area contributed by atoms with Crippen molar-refractivity contribution in [3.63, 3.8) is 0 Å². The SMILES string of the molecule is CNCCCC(=O)Nc1ccc(CNS(C)(=O)=O)cc1. The molecule has 0 unspecified atom stereocenters. The molecule has 7 heteroatoms. The largest absolute Gasteiger partial charge is 0.326 e. The van der Waals surface area contributed by atoms with Crippen molar-refractivity contribution in [1.29, 1.82) is 0 Å². The lowest BCUT2D eigenvalue weighted by atomic mass is 10.2. The van der Waals surface area contributed by atoms with Gasteiger partial charge in [0.2, 0.25) is 15.9 Å². The first-order valence-electron chi connectivity index (χ1n) is 6.39. The van der Waals surface area contributed by atoms with Gasteiger partial charge in [-0.3, -0.25) is 4.79 Å². The van der Waals surface area contributed by atoms with Crippen LogP contribution >= 0.6 is 0 Å². The maximum absolute atomic E-state index is 11.6. The molecule has 0 fully saturated rings. The minimum atomic E-state index is -3.19. The van der Waals surface area contributed by atoms with E-state index in [9.17, 15) is 13.2 Å². The van der Waals surface area contributed by atoms with Gasteiger partial charge in [-0.15, -0.1) is 0 Å². The molecular weight excluding hydrogens is 278 g/mol. The van der Waals surface area contributed by atoms with E-state index in [0.717, 1.165) is 24.8 Å². The van der Waals surface area contributed by atoms with Crippen molar-refractivity contribution in [3.8, 4) is 0 Å². The Balaban J connectivity index is 2.44. The predicted molar refractivity (Wildman–Crippen MR) is 79.9 cm³/mol. The van der Waals surface area contributed by atoms with Crippen LogP contribution in [-0.4, -0.2) is 34.2 Å². The molecule has 0 aromatic heterocycles. The number of nitrogens with one attached hydrogen (secondary N) is 3. The van der Waals surface area contributed by atoms with Gasteiger partial charge in [-0.2, -0.15) is 0 Å². The van der Waals surface area contributed by atoms with E-state index in [4.69, 9.17) is 0 Å². The lowest BCUT2D eigenvalue weighted by molar-refractivity contribution is -0.116. The average Bonchev–Trinajstić information content (AvgIpc) is 2.37. The van der Waals surface area contributed by atoms with Crippen molar-refractivity contribution in [2.45, 2.75) is 19.4 Å². The number of sulfonamides is 1. The number of anilines is 1. The van der Waals surface area contributed by atoms with Gasteiger partial charge < -0.3 is 10.6 Å². The van der Waals surface area contributed by atoms with Gasteiger partial charge in [0.05, 0.1) is 6.26 Å². The highest BCUT2D eigenvalue weighted by Gasteiger charge is 2.03. The van der Waals surface area contributed by atoms with Crippen molar-refractivity contribution < 1.29 is 13.2 Å². The third-order valence-corrected chi connectivity index (χ3v) is 3.28. The van der Waals surface area contributed by atoms with Crippen LogP contribution in [0, 0.1) is 0 Å². The molecule has 1 aromatic rings. The van der Waals surface area contributed by atoms with Crippen LogP contribution in [0.5, 0.6) is 0 Å². The molecule has 1 aromatic carbocycles. The van der Waals surface area contributed by atoms with Crippen LogP contribution in [0.3, 0.4) is 0 Å². The van der Waals surface area contributed by atoms with Gasteiger partial charge >= 0.3 is 0 Å². The van der Waals surface area contributed by atoms with Crippen LogP contribution < -0.4 is 15.4 Å². The van der Waals surface area contributed by atoms with Gasteiger partial charge in [-0.25, -0.2) is 13.1 Å². The summed E-state index contributed by atoms with van der Waals surface area (Å²) in [7, 11) is -1.34. The molecule has 0 heterocycles. The van der Waals surface area contributed by atoms with Gasteiger partial charge in [-0.1, -0.05) is 12.1 Å². The van der Waals surface area contributed by atoms with Crippen LogP contribution in [-0.2, 0) is 21.4 Å². The van der Waals surface area contributed by atoms with Crippen molar-refractivity contribution in [1.82, 2.24) is 10.0 Å². The lowest BCUT2D eigenvalue weighted by Crippen LogP contribution is -2.21. The summed E-state index contributed by atoms with van der Waals surface area (Å²) in [5.74, 6) is -0.0257. The van der Waals surface area contributed by atoms with E-state index >= 15 is 0 Å². The zero-order valence-corrected chi connectivity index (χ0v) is 12.6. The Bertz CT molecular complexity index is 526. The highest BCUT2D eigenvalue weighted by Crippen LogP contribution is 2.10. The summed E-state index contributed by atoms with van der Waals surface area (Å²) in [6, 6.07) is 7.08. The Labute approximate surface area is 120 Å². The van der Waals surface area contributed by atoms with E-state index < -0.39 is 10.0 Å². The number of carbonyl (C=O) groups is 1. The molecule has 1 amide bonds. The van der Waals surface area contributed by atoms with Crippen LogP contribution in [0.1, 0.15) is 18.4 Å². The maximum Gasteiger partial charge on any atom is 0.224 e. The summed E-state index contributed by atoms with van der Waals surface area (Å²) in [5.41, 5.74) is 1.55. The zero-order chi connectivity index (χ0) is 15.0. The number of hydrogen-bond acceptors (Lipinski definition) is 4. The Morgan fingerprint density at radius 2 is 1.85 bits per heavy atom. The van der Waals surface area contributed by atoms with Gasteiger partial charge in [-0.05, 0) is 37.7 Å². The summed E-state index contributed by atoms with van der Waals surface area (Å²) >= 11 is 0. The van der Waals surface area contributed by atoms with Crippen LogP contribution in [0.2, 0.25) is 0 Å². The van der Waals surface area contributed by atoms with Gasteiger partial charge in [0, 0.05) is 18.7 Å². The molecule has 0 aliphatic heterocycles. The Hall–Kier alpha value is -1.44. The minimum Gasteiger partial charge on any atom is -0.326 e. The molecule has 1 rings (SSSR count). The van der Waals surface area contributed by atoms with Gasteiger partial charge in [0.1, 0.15) is 0 Å². The van der Waals surface area contributed by atoms with Crippen molar-refractivity contribution >= 4 is 21.6 Å². The molecule has 0 bridgehead atoms. The summed E-state index contributed by atoms with van der Waals surface area (Å²) in [6.45, 7) is 1.05. The highest BCUT2D eigenvalue weighted by molar-refractivity contribution is 7.88. The number of hydrogen-bond donors (Lipinski definition) is 3. The van der Waals surface area contributed by atoms with E-state index in [2.05, 4.69) is 15.4 Å². The molecule has 0 radical (unpaired) electrons. The Morgan fingerprint density at radius 3 is 2.40 bits per heavy atom. The number of carbonyl (C=O) groups excluding carboxylic acids is 1. The summed E-state index contributed by atoms with van der Waals surface area (Å²) in [6.07, 6.45) is 2.38. The first kappa shape index (κ1) is 16.6. The molecule has 0 aliphatic rings. The second kappa shape index (κ2) is 7.98. The molecule has 3 N–H and O–H groups in total. The molecule has 112 valence electrons. The van der Waals surface area contributed by atoms with E-state index in [1.807, 2.05) is 7.05 Å². The molecule has 0 saturated carbocycles. The first-order valence-corrected chi connectivity index (χ1v) is 8.28. The Morgan fingerprint density at radius 1 is 1.20 bits per heavy atom. The number of amides is 1. The topological polar surface area (TPSA) is 87.3 Å². The fourth-order valence-corrected chi connectivity index (χ4v) is 2.00. The fraction of sp³-hybridized carbons (Fsp3) is 0.462. The summed E-state index contributed by atoms with van der Waals surface area (Å²) in [5, 5.41) is 5.78. The summed E-state index contributed by atoms with van der Waals surface area (Å²) < 4.78 is 24.3. The minimum absolute atomic E-state index is 0.0257. The van der Waals surface area contributed by atoms with Crippen molar-refractivity contribution in [3.05, 3.63) is 29.8 Å². The standard InChI is InChI=1S/C13H21N3O3S/c1-14-9-3-4-13(17)16-12-7-5-11(6-8-12)10-15-20(2,18)19/h5-8,14-15H,3-4,9-10H2,1-2H3,(H,16,17). The molecule has 0 aliphatic carbocycles. The van der Waals surface area contributed by atoms with Crippen LogP contribution in [0.15, 0.2) is 24.3 Å². The lowest BCUT2D eigenvalue weighted by Gasteiger charge is -2.07. The van der Waals surface area contributed by atoms with Gasteiger partial charge in [0.15, 0.2) is 0 Å². The van der Waals surface area contributed by atoms with Crippen molar-refractivity contribution in [2.75, 3.05) is 25.2 Å². The molecule has 6 nitrogen and oxygen atoms in total. The molecule has 20 heavy (non-hydrogen) atoms. The van der Waals surface area contributed by atoms with E-state index in [1.165, 1.54) is 0 Å². The smallest absolute Gasteiger partial charge is 0.224 e. The molecule has 0 saturated heterocycles. The van der Waals surface area contributed by atoms with Crippen molar-refractivity contribution in [2.24, 2.45) is 0 Å². The summed E-state index contributed by atoms with van der Waals surface area (Å²) in [4.78, 5) is 11.6. The zero-order valence-electron chi connectivity index (χ0n) is 11.8. The van der Waals surface area contributed by atoms with E-state index in [1.54, 1.807) is 24.3 Å². The molecule has 0 spiro atoms. The Kier molecular flexibility index (Phi) is 6.63.